The van der Waals surface area contributed by atoms with Crippen molar-refractivity contribution in [1.82, 2.24) is 4.57 Å². The van der Waals surface area contributed by atoms with Gasteiger partial charge < -0.3 is 9.73 Å². The number of anilines is 1. The fourth-order valence-electron chi connectivity index (χ4n) is 3.13. The van der Waals surface area contributed by atoms with Gasteiger partial charge in [-0.25, -0.2) is 9.78 Å². The molecule has 0 radical (unpaired) electrons. The molecular weight excluding hydrogens is 418 g/mol. The van der Waals surface area contributed by atoms with Crippen molar-refractivity contribution >= 4 is 44.9 Å². The van der Waals surface area contributed by atoms with E-state index in [9.17, 15) is 9.59 Å². The van der Waals surface area contributed by atoms with Crippen molar-refractivity contribution in [3.05, 3.63) is 74.8 Å². The molecule has 0 unspecified atom stereocenters. The molecule has 3 aromatic heterocycles. The molecule has 6 nitrogen and oxygen atoms in total. The maximum absolute atomic E-state index is 13.1. The van der Waals surface area contributed by atoms with Crippen molar-refractivity contribution < 1.29 is 14.2 Å². The number of H-pyrrole nitrogens is 1. The molecule has 4 rings (SSSR count). The molecule has 0 atom stereocenters. The molecule has 4 aromatic rings. The number of fused-ring (bicyclic) bond motifs is 1. The predicted octanol–water partition coefficient (Wildman–Crippen LogP) is 4.17. The quantitative estimate of drug-likeness (QED) is 0.360. The Morgan fingerprint density at radius 1 is 1.20 bits per heavy atom. The zero-order chi connectivity index (χ0) is 21.3. The molecule has 0 aliphatic heterocycles. The van der Waals surface area contributed by atoms with E-state index in [1.807, 2.05) is 51.1 Å². The highest BCUT2D eigenvalue weighted by Gasteiger charge is 2.22. The van der Waals surface area contributed by atoms with Gasteiger partial charge >= 0.3 is 10.7 Å². The summed E-state index contributed by atoms with van der Waals surface area (Å²) in [6, 6.07) is 11.3. The van der Waals surface area contributed by atoms with E-state index >= 15 is 0 Å². The second-order valence-electron chi connectivity index (χ2n) is 7.14. The summed E-state index contributed by atoms with van der Waals surface area (Å²) < 4.78 is 7.06. The number of nitrogens with zero attached hydrogens (tertiary/aromatic N) is 1. The number of thiophene rings is 1. The fourth-order valence-corrected chi connectivity index (χ4v) is 4.92. The third-order valence-electron chi connectivity index (χ3n) is 4.82. The maximum atomic E-state index is 13.1. The average molecular weight is 441 g/mol. The molecule has 1 aromatic carbocycles. The van der Waals surface area contributed by atoms with Gasteiger partial charge in [-0.05, 0) is 74.0 Å². The van der Waals surface area contributed by atoms with Gasteiger partial charge in [0, 0.05) is 10.6 Å². The summed E-state index contributed by atoms with van der Waals surface area (Å²) in [4.78, 5) is 30.8. The molecule has 3 heterocycles. The number of aromatic amines is 1. The first-order chi connectivity index (χ1) is 14.4. The lowest BCUT2D eigenvalue weighted by atomic mass is 10.1. The SMILES string of the molecule is Cc1cc2c(=O)n(Cc3ccco3)c(SCC(=O)Nc3ccc(C)c(C)c3)[nH+]c2s1. The third kappa shape index (κ3) is 4.34. The first-order valence-electron chi connectivity index (χ1n) is 9.49. The molecule has 30 heavy (non-hydrogen) atoms. The van der Waals surface area contributed by atoms with Crippen LogP contribution >= 0.6 is 23.1 Å². The van der Waals surface area contributed by atoms with Gasteiger partial charge in [-0.1, -0.05) is 17.4 Å². The van der Waals surface area contributed by atoms with Crippen LogP contribution in [0.15, 0.2) is 57.0 Å². The second-order valence-corrected chi connectivity index (χ2v) is 9.36. The molecule has 0 saturated carbocycles. The number of thioether (sulfide) groups is 1. The van der Waals surface area contributed by atoms with Gasteiger partial charge in [-0.3, -0.25) is 4.79 Å². The van der Waals surface area contributed by atoms with E-state index in [4.69, 9.17) is 4.42 Å². The van der Waals surface area contributed by atoms with E-state index in [0.717, 1.165) is 21.0 Å². The summed E-state index contributed by atoms with van der Waals surface area (Å²) >= 11 is 2.83. The van der Waals surface area contributed by atoms with Crippen molar-refractivity contribution in [1.29, 1.82) is 0 Å². The summed E-state index contributed by atoms with van der Waals surface area (Å²) in [5.74, 6) is 0.728. The lowest BCUT2D eigenvalue weighted by Gasteiger charge is -2.08. The molecular formula is C22H22N3O3S2+. The molecule has 8 heteroatoms. The number of amides is 1. The summed E-state index contributed by atoms with van der Waals surface area (Å²) in [6.45, 7) is 6.32. The maximum Gasteiger partial charge on any atom is 0.347 e. The molecule has 0 aliphatic rings. The number of hydrogen-bond donors (Lipinski definition) is 1. The van der Waals surface area contributed by atoms with Crippen LogP contribution < -0.4 is 15.9 Å². The van der Waals surface area contributed by atoms with Crippen LogP contribution in [0.2, 0.25) is 0 Å². The van der Waals surface area contributed by atoms with Gasteiger partial charge in [0.05, 0.1) is 12.0 Å². The summed E-state index contributed by atoms with van der Waals surface area (Å²) in [5.41, 5.74) is 2.98. The smallest absolute Gasteiger partial charge is 0.347 e. The first-order valence-corrected chi connectivity index (χ1v) is 11.3. The minimum atomic E-state index is -0.129. The fraction of sp³-hybridized carbons (Fsp3) is 0.227. The Labute approximate surface area is 181 Å². The Morgan fingerprint density at radius 3 is 2.77 bits per heavy atom. The van der Waals surface area contributed by atoms with Gasteiger partial charge in [0.2, 0.25) is 5.91 Å². The summed E-state index contributed by atoms with van der Waals surface area (Å²) in [7, 11) is 0. The molecule has 0 fully saturated rings. The Balaban J connectivity index is 1.58. The van der Waals surface area contributed by atoms with Gasteiger partial charge in [0.1, 0.15) is 11.1 Å². The minimum Gasteiger partial charge on any atom is -0.465 e. The largest absolute Gasteiger partial charge is 0.465 e. The predicted molar refractivity (Wildman–Crippen MR) is 120 cm³/mol. The number of hydrogen-bond acceptors (Lipinski definition) is 5. The Morgan fingerprint density at radius 2 is 2.03 bits per heavy atom. The number of benzene rings is 1. The number of carbonyl (C=O) groups excluding carboxylic acids is 1. The van der Waals surface area contributed by atoms with Crippen LogP contribution in [-0.4, -0.2) is 16.2 Å². The molecule has 0 spiro atoms. The number of aromatic nitrogens is 2. The van der Waals surface area contributed by atoms with Crippen LogP contribution in [0.25, 0.3) is 10.2 Å². The molecule has 0 bridgehead atoms. The number of furan rings is 1. The van der Waals surface area contributed by atoms with Gasteiger partial charge in [0.15, 0.2) is 11.4 Å². The zero-order valence-electron chi connectivity index (χ0n) is 16.9. The number of aryl methyl sites for hydroxylation is 3. The van der Waals surface area contributed by atoms with Crippen molar-refractivity contribution in [3.8, 4) is 0 Å². The Kier molecular flexibility index (Phi) is 5.78. The monoisotopic (exact) mass is 440 g/mol. The first kappa shape index (κ1) is 20.4. The average Bonchev–Trinajstić information content (AvgIpc) is 3.35. The van der Waals surface area contributed by atoms with Gasteiger partial charge in [-0.15, -0.1) is 0 Å². The zero-order valence-corrected chi connectivity index (χ0v) is 18.6. The highest BCUT2D eigenvalue weighted by molar-refractivity contribution is 7.99. The van der Waals surface area contributed by atoms with Crippen molar-refractivity contribution in [2.45, 2.75) is 32.5 Å². The number of rotatable bonds is 6. The van der Waals surface area contributed by atoms with Crippen LogP contribution in [0.3, 0.4) is 0 Å². The molecule has 0 saturated heterocycles. The van der Waals surface area contributed by atoms with Crippen molar-refractivity contribution in [2.24, 2.45) is 0 Å². The van der Waals surface area contributed by atoms with Crippen molar-refractivity contribution in [2.75, 3.05) is 11.1 Å². The second kappa shape index (κ2) is 8.49. The van der Waals surface area contributed by atoms with E-state index in [-0.39, 0.29) is 17.2 Å². The third-order valence-corrected chi connectivity index (χ3v) is 6.79. The molecule has 2 N–H and O–H groups in total. The topological polar surface area (TPSA) is 78.4 Å². The molecule has 154 valence electrons. The molecule has 0 aliphatic carbocycles. The standard InChI is InChI=1S/C22H21N3O3S2/c1-13-6-7-16(9-14(13)2)23-19(26)12-29-22-24-20-18(10-15(3)30-20)21(27)25(22)11-17-5-4-8-28-17/h4-10H,11-12H2,1-3H3,(H,23,26)/p+1. The normalized spacial score (nSPS) is 11.2. The van der Waals surface area contributed by atoms with E-state index in [1.165, 1.54) is 28.7 Å². The van der Waals surface area contributed by atoms with Crippen LogP contribution in [0.4, 0.5) is 5.69 Å². The highest BCUT2D eigenvalue weighted by atomic mass is 32.2. The Bertz CT molecular complexity index is 1270. The van der Waals surface area contributed by atoms with E-state index in [0.29, 0.717) is 22.8 Å². The van der Waals surface area contributed by atoms with Crippen LogP contribution in [-0.2, 0) is 11.3 Å². The van der Waals surface area contributed by atoms with E-state index in [1.54, 1.807) is 16.9 Å². The summed E-state index contributed by atoms with van der Waals surface area (Å²) in [5, 5.41) is 4.20. The Hall–Kier alpha value is -2.84. The highest BCUT2D eigenvalue weighted by Crippen LogP contribution is 2.22. The summed E-state index contributed by atoms with van der Waals surface area (Å²) in [6.07, 6.45) is 1.58. The van der Waals surface area contributed by atoms with E-state index < -0.39 is 0 Å². The van der Waals surface area contributed by atoms with Crippen LogP contribution in [0, 0.1) is 20.8 Å². The minimum absolute atomic E-state index is 0.0958. The van der Waals surface area contributed by atoms with Gasteiger partial charge in [0.25, 0.3) is 0 Å². The number of nitrogens with one attached hydrogen (secondary N) is 2. The lowest BCUT2D eigenvalue weighted by molar-refractivity contribution is -0.404. The van der Waals surface area contributed by atoms with E-state index in [2.05, 4.69) is 10.3 Å². The lowest BCUT2D eigenvalue weighted by Crippen LogP contribution is -2.30. The van der Waals surface area contributed by atoms with Gasteiger partial charge in [-0.2, -0.15) is 4.57 Å². The number of carbonyl (C=O) groups is 1. The van der Waals surface area contributed by atoms with Crippen LogP contribution in [0.1, 0.15) is 21.8 Å². The molecule has 1 amide bonds. The van der Waals surface area contributed by atoms with Crippen molar-refractivity contribution in [3.63, 3.8) is 0 Å². The van der Waals surface area contributed by atoms with Crippen LogP contribution in [0.5, 0.6) is 0 Å².